The molecule has 4 aromatic rings. The average Bonchev–Trinajstić information content (AvgIpc) is 3.28. The zero-order chi connectivity index (χ0) is 24.1. The molecule has 8 nitrogen and oxygen atoms in total. The first-order valence-electron chi connectivity index (χ1n) is 10.3. The molecule has 0 spiro atoms. The third kappa shape index (κ3) is 5.16. The van der Waals surface area contributed by atoms with Gasteiger partial charge in [-0.15, -0.1) is 11.3 Å². The highest BCUT2D eigenvalue weighted by atomic mass is 32.1. The van der Waals surface area contributed by atoms with Crippen molar-refractivity contribution in [3.63, 3.8) is 0 Å². The largest absolute Gasteiger partial charge is 0.481 e. The van der Waals surface area contributed by atoms with Gasteiger partial charge >= 0.3 is 6.09 Å². The number of hydrogen-bond donors (Lipinski definition) is 4. The number of hydrogen-bond acceptors (Lipinski definition) is 6. The van der Waals surface area contributed by atoms with E-state index in [9.17, 15) is 9.59 Å². The van der Waals surface area contributed by atoms with E-state index in [1.807, 2.05) is 54.6 Å². The summed E-state index contributed by atoms with van der Waals surface area (Å²) in [6.07, 6.45) is -1.35. The Bertz CT molecular complexity index is 1350. The molecule has 0 aliphatic rings. The highest BCUT2D eigenvalue weighted by Gasteiger charge is 2.19. The summed E-state index contributed by atoms with van der Waals surface area (Å²) in [4.78, 5) is 24.7. The van der Waals surface area contributed by atoms with Gasteiger partial charge in [0.15, 0.2) is 6.10 Å². The number of rotatable bonds is 8. The predicted octanol–water partition coefficient (Wildman–Crippen LogP) is 4.65. The number of fused-ring (bicyclic) bond motifs is 1. The number of para-hydroxylation sites is 1. The number of primary amides is 1. The van der Waals surface area contributed by atoms with Crippen LogP contribution in [0, 0.1) is 5.41 Å². The molecular formula is C25H22N4O4S. The van der Waals surface area contributed by atoms with Crippen LogP contribution in [-0.4, -0.2) is 24.4 Å². The second kappa shape index (κ2) is 10.1. The molecule has 1 heterocycles. The summed E-state index contributed by atoms with van der Waals surface area (Å²) in [7, 11) is 0. The van der Waals surface area contributed by atoms with Crippen LogP contribution in [0.2, 0.25) is 0 Å². The van der Waals surface area contributed by atoms with Gasteiger partial charge in [0.05, 0.1) is 16.1 Å². The lowest BCUT2D eigenvalue weighted by atomic mass is 10.1. The van der Waals surface area contributed by atoms with Crippen LogP contribution >= 0.6 is 11.3 Å². The van der Waals surface area contributed by atoms with Gasteiger partial charge in [0, 0.05) is 10.1 Å². The number of nitrogens with two attached hydrogens (primary N) is 2. The summed E-state index contributed by atoms with van der Waals surface area (Å²) in [6.45, 7) is -0.0886. The van der Waals surface area contributed by atoms with Crippen LogP contribution in [0.4, 0.5) is 10.5 Å². The number of nitrogen functional groups attached to an aromatic ring is 1. The Hall–Kier alpha value is -4.37. The normalized spacial score (nSPS) is 11.5. The van der Waals surface area contributed by atoms with Gasteiger partial charge in [-0.2, -0.15) is 0 Å². The third-order valence-corrected chi connectivity index (χ3v) is 6.16. The number of thiophene rings is 1. The number of amidine groups is 1. The molecule has 0 bridgehead atoms. The standard InChI is InChI=1S/C25H22N4O4S/c26-23(27)22-13-17-19(11-6-12-21(17)34-22)33-20(15-7-2-1-3-8-15)14-32-25(31)29-18-10-5-4-9-16(18)24(28)30/h1-13,20H,14H2,(H3,26,27)(H2,28,30)(H,29,31). The van der Waals surface area contributed by atoms with E-state index in [0.29, 0.717) is 10.6 Å². The first-order valence-corrected chi connectivity index (χ1v) is 11.1. The van der Waals surface area contributed by atoms with E-state index in [0.717, 1.165) is 15.6 Å². The molecule has 1 atom stereocenters. The van der Waals surface area contributed by atoms with Gasteiger partial charge in [-0.1, -0.05) is 48.5 Å². The summed E-state index contributed by atoms with van der Waals surface area (Å²) in [5.74, 6) is -0.0867. The lowest BCUT2D eigenvalue weighted by Gasteiger charge is -2.20. The molecule has 0 saturated heterocycles. The van der Waals surface area contributed by atoms with Crippen LogP contribution in [0.25, 0.3) is 10.1 Å². The summed E-state index contributed by atoms with van der Waals surface area (Å²) in [5, 5.41) is 11.1. The number of nitrogens with one attached hydrogen (secondary N) is 2. The molecule has 3 aromatic carbocycles. The fourth-order valence-electron chi connectivity index (χ4n) is 3.39. The quantitative estimate of drug-likeness (QED) is 0.217. The van der Waals surface area contributed by atoms with Gasteiger partial charge in [0.25, 0.3) is 5.91 Å². The molecule has 0 radical (unpaired) electrons. The van der Waals surface area contributed by atoms with Crippen molar-refractivity contribution in [3.05, 3.63) is 94.9 Å². The number of benzene rings is 3. The zero-order valence-corrected chi connectivity index (χ0v) is 18.8. The number of ether oxygens (including phenoxy) is 2. The smallest absolute Gasteiger partial charge is 0.411 e. The van der Waals surface area contributed by atoms with E-state index in [2.05, 4.69) is 5.32 Å². The van der Waals surface area contributed by atoms with Gasteiger partial charge < -0.3 is 20.9 Å². The highest BCUT2D eigenvalue weighted by Crippen LogP contribution is 2.35. The lowest BCUT2D eigenvalue weighted by molar-refractivity contribution is 0.0910. The highest BCUT2D eigenvalue weighted by molar-refractivity contribution is 7.20. The second-order valence-electron chi connectivity index (χ2n) is 7.34. The SMILES string of the molecule is N=C(N)c1cc2c(OC(COC(=O)Nc3ccccc3C(N)=O)c3ccccc3)cccc2s1. The van der Waals surface area contributed by atoms with Crippen molar-refractivity contribution in [2.45, 2.75) is 6.10 Å². The Morgan fingerprint density at radius 3 is 2.44 bits per heavy atom. The molecular weight excluding hydrogens is 452 g/mol. The minimum Gasteiger partial charge on any atom is -0.481 e. The fourth-order valence-corrected chi connectivity index (χ4v) is 4.33. The van der Waals surface area contributed by atoms with Crippen molar-refractivity contribution in [1.29, 1.82) is 5.41 Å². The van der Waals surface area contributed by atoms with Crippen LogP contribution in [0.3, 0.4) is 0 Å². The van der Waals surface area contributed by atoms with Crippen molar-refractivity contribution >= 4 is 44.9 Å². The minimum atomic E-state index is -0.745. The predicted molar refractivity (Wildman–Crippen MR) is 133 cm³/mol. The molecule has 34 heavy (non-hydrogen) atoms. The van der Waals surface area contributed by atoms with Crippen molar-refractivity contribution in [3.8, 4) is 5.75 Å². The van der Waals surface area contributed by atoms with E-state index in [1.54, 1.807) is 18.2 Å². The van der Waals surface area contributed by atoms with Gasteiger partial charge in [0.2, 0.25) is 0 Å². The summed E-state index contributed by atoms with van der Waals surface area (Å²) >= 11 is 1.40. The van der Waals surface area contributed by atoms with Crippen LogP contribution in [0.1, 0.15) is 26.9 Å². The van der Waals surface area contributed by atoms with Crippen molar-refractivity contribution in [2.24, 2.45) is 11.5 Å². The van der Waals surface area contributed by atoms with Crippen LogP contribution in [0.15, 0.2) is 78.9 Å². The monoisotopic (exact) mass is 474 g/mol. The van der Waals surface area contributed by atoms with Gasteiger partial charge in [0.1, 0.15) is 18.2 Å². The van der Waals surface area contributed by atoms with Crippen LogP contribution < -0.4 is 21.5 Å². The topological polar surface area (TPSA) is 141 Å². The molecule has 0 aliphatic carbocycles. The average molecular weight is 475 g/mol. The number of carbonyl (C=O) groups is 2. The van der Waals surface area contributed by atoms with Crippen molar-refractivity contribution in [2.75, 3.05) is 11.9 Å². The summed E-state index contributed by atoms with van der Waals surface area (Å²) in [6, 6.07) is 23.2. The van der Waals surface area contributed by atoms with E-state index in [4.69, 9.17) is 26.4 Å². The Kier molecular flexibility index (Phi) is 6.74. The zero-order valence-electron chi connectivity index (χ0n) is 18.0. The van der Waals surface area contributed by atoms with Gasteiger partial charge in [-0.05, 0) is 35.9 Å². The first kappa shape index (κ1) is 22.8. The number of carbonyl (C=O) groups excluding carboxylic acids is 2. The second-order valence-corrected chi connectivity index (χ2v) is 8.43. The van der Waals surface area contributed by atoms with Crippen molar-refractivity contribution < 1.29 is 19.1 Å². The van der Waals surface area contributed by atoms with Gasteiger partial charge in [-0.25, -0.2) is 4.79 Å². The Balaban J connectivity index is 1.54. The maximum absolute atomic E-state index is 12.5. The molecule has 9 heteroatoms. The van der Waals surface area contributed by atoms with Crippen LogP contribution in [0.5, 0.6) is 5.75 Å². The van der Waals surface area contributed by atoms with E-state index >= 15 is 0 Å². The third-order valence-electron chi connectivity index (χ3n) is 5.02. The molecule has 1 unspecified atom stereocenters. The lowest BCUT2D eigenvalue weighted by Crippen LogP contribution is -2.22. The Labute approximate surface area is 199 Å². The summed E-state index contributed by atoms with van der Waals surface area (Å²) < 4.78 is 12.7. The van der Waals surface area contributed by atoms with E-state index < -0.39 is 18.1 Å². The fraction of sp³-hybridized carbons (Fsp3) is 0.0800. The molecule has 4 rings (SSSR count). The number of amides is 2. The van der Waals surface area contributed by atoms with E-state index in [1.165, 1.54) is 17.4 Å². The summed E-state index contributed by atoms with van der Waals surface area (Å²) in [5.41, 5.74) is 12.3. The molecule has 1 aromatic heterocycles. The Morgan fingerprint density at radius 1 is 0.971 bits per heavy atom. The van der Waals surface area contributed by atoms with Gasteiger partial charge in [-0.3, -0.25) is 15.5 Å². The maximum atomic E-state index is 12.5. The number of anilines is 1. The molecule has 0 fully saturated rings. The van der Waals surface area contributed by atoms with Crippen LogP contribution in [-0.2, 0) is 4.74 Å². The molecule has 0 saturated carbocycles. The first-order chi connectivity index (χ1) is 16.4. The van der Waals surface area contributed by atoms with Crippen molar-refractivity contribution in [1.82, 2.24) is 0 Å². The molecule has 6 N–H and O–H groups in total. The Morgan fingerprint density at radius 2 is 1.71 bits per heavy atom. The maximum Gasteiger partial charge on any atom is 0.411 e. The molecule has 2 amide bonds. The minimum absolute atomic E-state index is 0.0111. The molecule has 172 valence electrons. The van der Waals surface area contributed by atoms with E-state index in [-0.39, 0.29) is 23.7 Å². The molecule has 0 aliphatic heterocycles.